The van der Waals surface area contributed by atoms with Crippen LogP contribution in [0.15, 0.2) is 17.2 Å². The zero-order valence-electron chi connectivity index (χ0n) is 11.3. The van der Waals surface area contributed by atoms with Crippen LogP contribution < -0.4 is 0 Å². The minimum absolute atomic E-state index is 0.0237. The number of aryl methyl sites for hydroxylation is 1. The molecule has 2 unspecified atom stereocenters. The molecular weight excluding hydrogens is 300 g/mol. The summed E-state index contributed by atoms with van der Waals surface area (Å²) < 4.78 is 24.2. The number of hydrogen-bond donors (Lipinski definition) is 0. The summed E-state index contributed by atoms with van der Waals surface area (Å²) in [5, 5.41) is 0. The summed E-state index contributed by atoms with van der Waals surface area (Å²) in [5.74, 6) is 1.14. The first-order chi connectivity index (χ1) is 9.36. The quantitative estimate of drug-likeness (QED) is 0.782. The number of hydrogen-bond acceptors (Lipinski definition) is 3. The third kappa shape index (κ3) is 2.35. The molecule has 7 heteroatoms. The minimum atomic E-state index is -3.80. The monoisotopic (exact) mass is 316 g/mol. The number of carbonyl (C=O) groups is 1. The summed E-state index contributed by atoms with van der Waals surface area (Å²) in [4.78, 5) is 14.3. The highest BCUT2D eigenvalue weighted by atomic mass is 35.7. The molecule has 1 aliphatic carbocycles. The van der Waals surface area contributed by atoms with Gasteiger partial charge in [-0.25, -0.2) is 8.42 Å². The van der Waals surface area contributed by atoms with Gasteiger partial charge in [-0.05, 0) is 30.7 Å². The van der Waals surface area contributed by atoms with Gasteiger partial charge in [0.05, 0.1) is 0 Å². The van der Waals surface area contributed by atoms with Gasteiger partial charge in [0.2, 0.25) is 0 Å². The lowest BCUT2D eigenvalue weighted by molar-refractivity contribution is 0.0771. The van der Waals surface area contributed by atoms with Gasteiger partial charge in [0.15, 0.2) is 0 Å². The highest BCUT2D eigenvalue weighted by Crippen LogP contribution is 2.38. The maximum Gasteiger partial charge on any atom is 0.270 e. The van der Waals surface area contributed by atoms with Crippen molar-refractivity contribution in [3.63, 3.8) is 0 Å². The highest BCUT2D eigenvalue weighted by Gasteiger charge is 2.38. The maximum atomic E-state index is 12.5. The molecule has 1 saturated carbocycles. The standard InChI is InChI=1S/C13H17ClN2O3S/c1-15-8-11(20(14,18)19)5-12(15)13(17)16-6-9-3-2-4-10(9)7-16/h5,8-10H,2-4,6-7H2,1H3. The molecular formula is C13H17ClN2O3S. The van der Waals surface area contributed by atoms with Crippen LogP contribution >= 0.6 is 10.7 Å². The van der Waals surface area contributed by atoms with E-state index in [1.54, 1.807) is 7.05 Å². The Bertz CT molecular complexity index is 641. The number of nitrogens with zero attached hydrogens (tertiary/aromatic N) is 2. The number of aromatic nitrogens is 1. The van der Waals surface area contributed by atoms with Crippen LogP contribution in [0.2, 0.25) is 0 Å². The molecule has 1 saturated heterocycles. The van der Waals surface area contributed by atoms with E-state index in [1.807, 2.05) is 4.90 Å². The first-order valence-corrected chi connectivity index (χ1v) is 9.07. The van der Waals surface area contributed by atoms with Gasteiger partial charge in [-0.15, -0.1) is 0 Å². The van der Waals surface area contributed by atoms with E-state index < -0.39 is 9.05 Å². The Morgan fingerprint density at radius 2 is 1.90 bits per heavy atom. The van der Waals surface area contributed by atoms with Gasteiger partial charge in [-0.2, -0.15) is 0 Å². The Morgan fingerprint density at radius 1 is 1.30 bits per heavy atom. The fourth-order valence-corrected chi connectivity index (χ4v) is 4.23. The first kappa shape index (κ1) is 13.9. The number of rotatable bonds is 2. The molecule has 2 heterocycles. The van der Waals surface area contributed by atoms with Crippen LogP contribution in [-0.2, 0) is 16.1 Å². The van der Waals surface area contributed by atoms with E-state index in [0.29, 0.717) is 17.5 Å². The van der Waals surface area contributed by atoms with E-state index in [-0.39, 0.29) is 10.8 Å². The van der Waals surface area contributed by atoms with E-state index in [4.69, 9.17) is 10.7 Å². The molecule has 1 aromatic heterocycles. The van der Waals surface area contributed by atoms with Crippen LogP contribution in [-0.4, -0.2) is 36.9 Å². The SMILES string of the molecule is Cn1cc(S(=O)(=O)Cl)cc1C(=O)N1CC2CCCC2C1. The number of likely N-dealkylation sites (tertiary alicyclic amines) is 1. The average Bonchev–Trinajstić information content (AvgIpc) is 2.99. The zero-order valence-corrected chi connectivity index (χ0v) is 12.8. The fourth-order valence-electron chi connectivity index (χ4n) is 3.44. The second kappa shape index (κ2) is 4.77. The molecule has 2 aliphatic rings. The normalized spacial score (nSPS) is 26.0. The van der Waals surface area contributed by atoms with Gasteiger partial charge >= 0.3 is 0 Å². The average molecular weight is 317 g/mol. The molecule has 110 valence electrons. The Labute approximate surface area is 122 Å². The lowest BCUT2D eigenvalue weighted by atomic mass is 10.0. The molecule has 1 aromatic rings. The molecule has 20 heavy (non-hydrogen) atoms. The largest absolute Gasteiger partial charge is 0.345 e. The lowest BCUT2D eigenvalue weighted by Gasteiger charge is -2.17. The number of fused-ring (bicyclic) bond motifs is 1. The van der Waals surface area contributed by atoms with Gasteiger partial charge in [0, 0.05) is 37.0 Å². The Morgan fingerprint density at radius 3 is 2.40 bits per heavy atom. The van der Waals surface area contributed by atoms with Crippen molar-refractivity contribution in [1.82, 2.24) is 9.47 Å². The predicted octanol–water partition coefficient (Wildman–Crippen LogP) is 1.82. The molecule has 2 atom stereocenters. The van der Waals surface area contributed by atoms with Crippen LogP contribution in [0.1, 0.15) is 29.8 Å². The van der Waals surface area contributed by atoms with E-state index in [9.17, 15) is 13.2 Å². The zero-order chi connectivity index (χ0) is 14.5. The maximum absolute atomic E-state index is 12.5. The molecule has 1 amide bonds. The van der Waals surface area contributed by atoms with Gasteiger partial charge in [0.1, 0.15) is 10.6 Å². The summed E-state index contributed by atoms with van der Waals surface area (Å²) in [6.07, 6.45) is 5.04. The topological polar surface area (TPSA) is 59.4 Å². The summed E-state index contributed by atoms with van der Waals surface area (Å²) in [6, 6.07) is 1.36. The second-order valence-corrected chi connectivity index (χ2v) is 8.34. The van der Waals surface area contributed by atoms with Gasteiger partial charge in [0.25, 0.3) is 15.0 Å². The van der Waals surface area contributed by atoms with Crippen LogP contribution in [0.25, 0.3) is 0 Å². The van der Waals surface area contributed by atoms with Crippen molar-refractivity contribution in [3.8, 4) is 0 Å². The molecule has 5 nitrogen and oxygen atoms in total. The Hall–Kier alpha value is -1.01. The van der Waals surface area contributed by atoms with Crippen molar-refractivity contribution in [2.45, 2.75) is 24.2 Å². The molecule has 1 aliphatic heterocycles. The van der Waals surface area contributed by atoms with Crippen molar-refractivity contribution in [2.75, 3.05) is 13.1 Å². The van der Waals surface area contributed by atoms with Gasteiger partial charge < -0.3 is 9.47 Å². The highest BCUT2D eigenvalue weighted by molar-refractivity contribution is 8.13. The Kier molecular flexibility index (Phi) is 3.33. The number of carbonyl (C=O) groups excluding carboxylic acids is 1. The minimum Gasteiger partial charge on any atom is -0.345 e. The van der Waals surface area contributed by atoms with Crippen LogP contribution in [0.3, 0.4) is 0 Å². The molecule has 0 N–H and O–H groups in total. The second-order valence-electron chi connectivity index (χ2n) is 5.77. The van der Waals surface area contributed by atoms with Crippen LogP contribution in [0.5, 0.6) is 0 Å². The van der Waals surface area contributed by atoms with Crippen molar-refractivity contribution in [3.05, 3.63) is 18.0 Å². The van der Waals surface area contributed by atoms with E-state index in [2.05, 4.69) is 0 Å². The lowest BCUT2D eigenvalue weighted by Crippen LogP contribution is -2.30. The molecule has 0 aromatic carbocycles. The van der Waals surface area contributed by atoms with Crippen LogP contribution in [0.4, 0.5) is 0 Å². The third-order valence-electron chi connectivity index (χ3n) is 4.49. The van der Waals surface area contributed by atoms with E-state index in [1.165, 1.54) is 36.1 Å². The van der Waals surface area contributed by atoms with E-state index >= 15 is 0 Å². The van der Waals surface area contributed by atoms with Gasteiger partial charge in [-0.3, -0.25) is 4.79 Å². The van der Waals surface area contributed by atoms with Crippen molar-refractivity contribution in [1.29, 1.82) is 0 Å². The number of amides is 1. The molecule has 0 spiro atoms. The van der Waals surface area contributed by atoms with Crippen molar-refractivity contribution in [2.24, 2.45) is 18.9 Å². The van der Waals surface area contributed by atoms with Crippen LogP contribution in [0, 0.1) is 11.8 Å². The molecule has 2 fully saturated rings. The third-order valence-corrected chi connectivity index (χ3v) is 5.81. The fraction of sp³-hybridized carbons (Fsp3) is 0.615. The smallest absolute Gasteiger partial charge is 0.270 e. The van der Waals surface area contributed by atoms with Crippen molar-refractivity contribution >= 4 is 25.6 Å². The molecule has 0 radical (unpaired) electrons. The van der Waals surface area contributed by atoms with E-state index in [0.717, 1.165) is 13.1 Å². The van der Waals surface area contributed by atoms with Gasteiger partial charge in [-0.1, -0.05) is 6.42 Å². The summed E-state index contributed by atoms with van der Waals surface area (Å²) in [6.45, 7) is 1.58. The summed E-state index contributed by atoms with van der Waals surface area (Å²) >= 11 is 0. The molecule has 3 rings (SSSR count). The summed E-state index contributed by atoms with van der Waals surface area (Å²) in [5.41, 5.74) is 0.379. The predicted molar refractivity (Wildman–Crippen MR) is 75.2 cm³/mol. The molecule has 0 bridgehead atoms. The summed E-state index contributed by atoms with van der Waals surface area (Å²) in [7, 11) is 3.19. The van der Waals surface area contributed by atoms with Crippen molar-refractivity contribution < 1.29 is 13.2 Å². The Balaban J connectivity index is 1.83. The first-order valence-electron chi connectivity index (χ1n) is 6.76. The number of halogens is 1.